The van der Waals surface area contributed by atoms with E-state index >= 15 is 0 Å². The molecule has 1 amide bonds. The molecule has 0 unspecified atom stereocenters. The second kappa shape index (κ2) is 8.47. The minimum absolute atomic E-state index is 0.0605. The number of aromatic nitrogens is 1. The Morgan fingerprint density at radius 1 is 1.12 bits per heavy atom. The molecule has 1 aliphatic heterocycles. The lowest BCUT2D eigenvalue weighted by Crippen LogP contribution is -2.32. The van der Waals surface area contributed by atoms with Crippen LogP contribution < -0.4 is 10.1 Å². The highest BCUT2D eigenvalue weighted by molar-refractivity contribution is 7.21. The van der Waals surface area contributed by atoms with Gasteiger partial charge in [-0.15, -0.1) is 11.3 Å². The van der Waals surface area contributed by atoms with Gasteiger partial charge in [0.2, 0.25) is 0 Å². The minimum Gasteiger partial charge on any atom is -0.493 e. The fourth-order valence-corrected chi connectivity index (χ4v) is 5.24. The van der Waals surface area contributed by atoms with Gasteiger partial charge in [0.15, 0.2) is 0 Å². The van der Waals surface area contributed by atoms with Crippen LogP contribution in [0.25, 0.3) is 21.3 Å². The van der Waals surface area contributed by atoms with Gasteiger partial charge >= 0.3 is 0 Å². The van der Waals surface area contributed by atoms with E-state index in [9.17, 15) is 22.4 Å². The van der Waals surface area contributed by atoms with Gasteiger partial charge in [0.25, 0.3) is 12.3 Å². The molecule has 0 saturated carbocycles. The van der Waals surface area contributed by atoms with Gasteiger partial charge in [-0.25, -0.2) is 17.6 Å². The van der Waals surface area contributed by atoms with Crippen LogP contribution in [0, 0.1) is 11.6 Å². The molecule has 0 spiro atoms. The standard InChI is InChI=1S/C24H16F4N2O2S/c25-13-9-12(10-14(26)11-13)15-5-7-29-20-19(23(27)28)22(33-21(15)20)24(31)30-17-6-8-32-18-4-2-1-3-16(17)18/h1-5,7,9-11,17,23H,6,8H2,(H,30,31)/t17-/m0/s1. The van der Waals surface area contributed by atoms with E-state index in [-0.39, 0.29) is 20.7 Å². The third kappa shape index (κ3) is 3.93. The normalized spacial score (nSPS) is 15.4. The topological polar surface area (TPSA) is 51.2 Å². The quantitative estimate of drug-likeness (QED) is 0.348. The van der Waals surface area contributed by atoms with E-state index in [4.69, 9.17) is 4.74 Å². The molecule has 2 aromatic heterocycles. The zero-order chi connectivity index (χ0) is 23.1. The lowest BCUT2D eigenvalue weighted by molar-refractivity contribution is 0.0917. The second-order valence-electron chi connectivity index (χ2n) is 7.54. The van der Waals surface area contributed by atoms with Gasteiger partial charge in [-0.1, -0.05) is 18.2 Å². The molecular formula is C24H16F4N2O2S. The summed E-state index contributed by atoms with van der Waals surface area (Å²) < 4.78 is 61.6. The van der Waals surface area contributed by atoms with Gasteiger partial charge in [-0.3, -0.25) is 9.78 Å². The SMILES string of the molecule is O=C(N[C@H]1CCOc2ccccc21)c1sc2c(-c3cc(F)cc(F)c3)ccnc2c1C(F)F. The molecule has 0 bridgehead atoms. The van der Waals surface area contributed by atoms with Crippen molar-refractivity contribution in [2.75, 3.05) is 6.61 Å². The van der Waals surface area contributed by atoms with Crippen molar-refractivity contribution in [3.05, 3.63) is 82.4 Å². The van der Waals surface area contributed by atoms with Crippen molar-refractivity contribution in [1.82, 2.24) is 10.3 Å². The van der Waals surface area contributed by atoms with Gasteiger partial charge in [-0.2, -0.15) is 0 Å². The molecule has 168 valence electrons. The Hall–Kier alpha value is -3.46. The number of ether oxygens (including phenoxy) is 1. The Morgan fingerprint density at radius 3 is 2.64 bits per heavy atom. The van der Waals surface area contributed by atoms with Gasteiger partial charge in [0.1, 0.15) is 22.3 Å². The summed E-state index contributed by atoms with van der Waals surface area (Å²) in [5.74, 6) is -1.61. The largest absolute Gasteiger partial charge is 0.493 e. The molecule has 5 rings (SSSR count). The molecule has 1 N–H and O–H groups in total. The number of nitrogens with zero attached hydrogens (tertiary/aromatic N) is 1. The number of nitrogens with one attached hydrogen (secondary N) is 1. The van der Waals surface area contributed by atoms with E-state index in [0.717, 1.165) is 35.1 Å². The van der Waals surface area contributed by atoms with Crippen LogP contribution >= 0.6 is 11.3 Å². The Morgan fingerprint density at radius 2 is 1.88 bits per heavy atom. The fraction of sp³-hybridized carbons (Fsp3) is 0.167. The number of amides is 1. The van der Waals surface area contributed by atoms with E-state index in [1.165, 1.54) is 12.3 Å². The van der Waals surface area contributed by atoms with Crippen molar-refractivity contribution < 1.29 is 27.1 Å². The van der Waals surface area contributed by atoms with Crippen molar-refractivity contribution in [3.63, 3.8) is 0 Å². The van der Waals surface area contributed by atoms with Gasteiger partial charge in [-0.05, 0) is 29.8 Å². The summed E-state index contributed by atoms with van der Waals surface area (Å²) in [6.45, 7) is 0.382. The molecule has 4 nitrogen and oxygen atoms in total. The predicted molar refractivity (Wildman–Crippen MR) is 117 cm³/mol. The number of halogens is 4. The second-order valence-corrected chi connectivity index (χ2v) is 8.56. The van der Waals surface area contributed by atoms with E-state index < -0.39 is 35.6 Å². The highest BCUT2D eigenvalue weighted by Gasteiger charge is 2.30. The highest BCUT2D eigenvalue weighted by Crippen LogP contribution is 2.42. The molecule has 2 aromatic carbocycles. The minimum atomic E-state index is -2.96. The van der Waals surface area contributed by atoms with E-state index in [1.54, 1.807) is 6.07 Å². The predicted octanol–water partition coefficient (Wildman–Crippen LogP) is 6.43. The summed E-state index contributed by atoms with van der Waals surface area (Å²) >= 11 is 0.833. The number of para-hydroxylation sites is 1. The maximum atomic E-state index is 14.1. The van der Waals surface area contributed by atoms with Crippen LogP contribution in [0.4, 0.5) is 17.6 Å². The number of benzene rings is 2. The average Bonchev–Trinajstić information content (AvgIpc) is 3.19. The van der Waals surface area contributed by atoms with E-state index in [1.807, 2.05) is 18.2 Å². The molecule has 0 fully saturated rings. The number of carbonyl (C=O) groups excluding carboxylic acids is 1. The summed E-state index contributed by atoms with van der Waals surface area (Å²) in [6.07, 6.45) is -1.19. The van der Waals surface area contributed by atoms with Gasteiger partial charge in [0.05, 0.1) is 28.4 Å². The summed E-state index contributed by atoms with van der Waals surface area (Å²) in [7, 11) is 0. The Kier molecular flexibility index (Phi) is 5.49. The number of hydrogen-bond donors (Lipinski definition) is 1. The Bertz CT molecular complexity index is 1350. The van der Waals surface area contributed by atoms with Crippen LogP contribution in [0.5, 0.6) is 5.75 Å². The molecular weight excluding hydrogens is 456 g/mol. The Labute approximate surface area is 189 Å². The van der Waals surface area contributed by atoms with Crippen LogP contribution in [-0.2, 0) is 0 Å². The number of carbonyl (C=O) groups is 1. The van der Waals surface area contributed by atoms with Crippen molar-refractivity contribution in [3.8, 4) is 16.9 Å². The fourth-order valence-electron chi connectivity index (χ4n) is 4.03. The molecule has 4 aromatic rings. The number of thiophene rings is 1. The number of rotatable bonds is 4. The number of fused-ring (bicyclic) bond motifs is 2. The maximum Gasteiger partial charge on any atom is 0.267 e. The van der Waals surface area contributed by atoms with Crippen molar-refractivity contribution >= 4 is 27.5 Å². The first-order valence-electron chi connectivity index (χ1n) is 10.1. The Balaban J connectivity index is 1.59. The molecule has 0 aliphatic carbocycles. The zero-order valence-corrected chi connectivity index (χ0v) is 17.8. The summed E-state index contributed by atoms with van der Waals surface area (Å²) in [5, 5.41) is 2.84. The molecule has 0 saturated heterocycles. The monoisotopic (exact) mass is 472 g/mol. The third-order valence-electron chi connectivity index (χ3n) is 5.47. The number of hydrogen-bond acceptors (Lipinski definition) is 4. The molecule has 3 heterocycles. The summed E-state index contributed by atoms with van der Waals surface area (Å²) in [4.78, 5) is 17.0. The van der Waals surface area contributed by atoms with Crippen LogP contribution in [-0.4, -0.2) is 17.5 Å². The molecule has 1 aliphatic rings. The van der Waals surface area contributed by atoms with Crippen LogP contribution in [0.2, 0.25) is 0 Å². The van der Waals surface area contributed by atoms with Gasteiger partial charge in [0, 0.05) is 29.8 Å². The smallest absolute Gasteiger partial charge is 0.267 e. The van der Waals surface area contributed by atoms with Crippen LogP contribution in [0.1, 0.15) is 39.7 Å². The first-order valence-corrected chi connectivity index (χ1v) is 10.9. The van der Waals surface area contributed by atoms with Crippen LogP contribution in [0.15, 0.2) is 54.7 Å². The van der Waals surface area contributed by atoms with Crippen LogP contribution in [0.3, 0.4) is 0 Å². The molecule has 9 heteroatoms. The first-order chi connectivity index (χ1) is 15.9. The molecule has 1 atom stereocenters. The van der Waals surface area contributed by atoms with E-state index in [2.05, 4.69) is 10.3 Å². The van der Waals surface area contributed by atoms with Crippen molar-refractivity contribution in [2.45, 2.75) is 18.9 Å². The third-order valence-corrected chi connectivity index (χ3v) is 6.70. The number of alkyl halides is 2. The van der Waals surface area contributed by atoms with E-state index in [0.29, 0.717) is 24.3 Å². The summed E-state index contributed by atoms with van der Waals surface area (Å²) in [6, 6.07) is 11.3. The lowest BCUT2D eigenvalue weighted by atomic mass is 10.0. The molecule has 33 heavy (non-hydrogen) atoms. The lowest BCUT2D eigenvalue weighted by Gasteiger charge is -2.26. The maximum absolute atomic E-state index is 14.1. The van der Waals surface area contributed by atoms with Gasteiger partial charge < -0.3 is 10.1 Å². The van der Waals surface area contributed by atoms with Crippen molar-refractivity contribution in [2.24, 2.45) is 0 Å². The summed E-state index contributed by atoms with van der Waals surface area (Å²) in [5.41, 5.74) is 0.708. The zero-order valence-electron chi connectivity index (χ0n) is 16.9. The van der Waals surface area contributed by atoms with Crippen molar-refractivity contribution in [1.29, 1.82) is 0 Å². The number of pyridine rings is 1. The first kappa shape index (κ1) is 21.4. The highest BCUT2D eigenvalue weighted by atomic mass is 32.1. The molecule has 0 radical (unpaired) electrons. The average molecular weight is 472 g/mol.